The number of rotatable bonds is 5. The van der Waals surface area contributed by atoms with Crippen molar-refractivity contribution in [2.45, 2.75) is 50.1 Å². The summed E-state index contributed by atoms with van der Waals surface area (Å²) >= 11 is 5.81. The van der Waals surface area contributed by atoms with Gasteiger partial charge >= 0.3 is 0 Å². The fraction of sp³-hybridized carbons (Fsp3) is 0.579. The maximum absolute atomic E-state index is 12.8. The summed E-state index contributed by atoms with van der Waals surface area (Å²) in [5, 5.41) is 0.479. The van der Waals surface area contributed by atoms with E-state index in [1.54, 1.807) is 21.9 Å². The Balaban J connectivity index is 1.54. The van der Waals surface area contributed by atoms with Gasteiger partial charge in [-0.25, -0.2) is 13.1 Å². The molecule has 0 aliphatic carbocycles. The number of hydrogen-bond donors (Lipinski definition) is 1. The van der Waals surface area contributed by atoms with Gasteiger partial charge in [0, 0.05) is 43.2 Å². The molecule has 2 amide bonds. The van der Waals surface area contributed by atoms with Crippen LogP contribution in [0.4, 0.5) is 0 Å². The van der Waals surface area contributed by atoms with E-state index in [9.17, 15) is 18.0 Å². The number of piperidine rings is 1. The highest BCUT2D eigenvalue weighted by atomic mass is 35.5. The van der Waals surface area contributed by atoms with E-state index in [0.717, 1.165) is 0 Å². The third kappa shape index (κ3) is 4.67. The summed E-state index contributed by atoms with van der Waals surface area (Å²) in [5.41, 5.74) is 0. The number of benzene rings is 1. The SMILES string of the molecule is CC(C)N1CC(C(=O)N2CCC(NS(=O)(=O)c3ccc(Cl)cc3)CC2)CC1=O. The molecule has 0 bridgehead atoms. The Morgan fingerprint density at radius 3 is 2.32 bits per heavy atom. The first-order chi connectivity index (χ1) is 13.2. The van der Waals surface area contributed by atoms with Crippen LogP contribution in [0.15, 0.2) is 29.2 Å². The lowest BCUT2D eigenvalue weighted by Gasteiger charge is -2.33. The molecule has 2 heterocycles. The summed E-state index contributed by atoms with van der Waals surface area (Å²) in [6, 6.07) is 5.91. The topological polar surface area (TPSA) is 86.8 Å². The summed E-state index contributed by atoms with van der Waals surface area (Å²) in [6.45, 7) is 5.34. The molecular formula is C19H26ClN3O4S. The zero-order valence-corrected chi connectivity index (χ0v) is 17.7. The molecule has 1 atom stereocenters. The number of carbonyl (C=O) groups is 2. The van der Waals surface area contributed by atoms with E-state index in [1.165, 1.54) is 12.1 Å². The highest BCUT2D eigenvalue weighted by Gasteiger charge is 2.38. The van der Waals surface area contributed by atoms with Gasteiger partial charge in [-0.2, -0.15) is 0 Å². The molecule has 0 aromatic heterocycles. The van der Waals surface area contributed by atoms with Gasteiger partial charge in [0.25, 0.3) is 0 Å². The van der Waals surface area contributed by atoms with Gasteiger partial charge < -0.3 is 9.80 Å². The number of sulfonamides is 1. The van der Waals surface area contributed by atoms with Crippen LogP contribution in [0.3, 0.4) is 0 Å². The van der Waals surface area contributed by atoms with E-state index in [2.05, 4.69) is 4.72 Å². The van der Waals surface area contributed by atoms with Crippen molar-refractivity contribution in [1.82, 2.24) is 14.5 Å². The van der Waals surface area contributed by atoms with Crippen LogP contribution in [0.1, 0.15) is 33.1 Å². The van der Waals surface area contributed by atoms with Gasteiger partial charge in [-0.1, -0.05) is 11.6 Å². The zero-order chi connectivity index (χ0) is 20.5. The largest absolute Gasteiger partial charge is 0.342 e. The van der Waals surface area contributed by atoms with Crippen molar-refractivity contribution in [2.75, 3.05) is 19.6 Å². The van der Waals surface area contributed by atoms with Crippen LogP contribution in [0.2, 0.25) is 5.02 Å². The molecule has 1 aromatic carbocycles. The van der Waals surface area contributed by atoms with Crippen LogP contribution in [-0.4, -0.2) is 61.7 Å². The molecule has 1 unspecified atom stereocenters. The normalized spacial score (nSPS) is 21.6. The van der Waals surface area contributed by atoms with E-state index in [1.807, 2.05) is 13.8 Å². The molecule has 2 aliphatic rings. The smallest absolute Gasteiger partial charge is 0.240 e. The van der Waals surface area contributed by atoms with Crippen LogP contribution in [0, 0.1) is 5.92 Å². The Morgan fingerprint density at radius 2 is 1.79 bits per heavy atom. The van der Waals surface area contributed by atoms with E-state index in [-0.39, 0.29) is 41.1 Å². The van der Waals surface area contributed by atoms with E-state index < -0.39 is 10.0 Å². The van der Waals surface area contributed by atoms with Gasteiger partial charge in [0.15, 0.2) is 0 Å². The van der Waals surface area contributed by atoms with Crippen LogP contribution in [-0.2, 0) is 19.6 Å². The lowest BCUT2D eigenvalue weighted by molar-refractivity contribution is -0.136. The molecule has 28 heavy (non-hydrogen) atoms. The monoisotopic (exact) mass is 427 g/mol. The van der Waals surface area contributed by atoms with Gasteiger partial charge in [0.05, 0.1) is 10.8 Å². The first kappa shape index (κ1) is 21.1. The number of likely N-dealkylation sites (tertiary alicyclic amines) is 2. The van der Waals surface area contributed by atoms with Crippen molar-refractivity contribution in [3.63, 3.8) is 0 Å². The number of carbonyl (C=O) groups excluding carboxylic acids is 2. The van der Waals surface area contributed by atoms with Crippen LogP contribution in [0.25, 0.3) is 0 Å². The molecule has 2 saturated heterocycles. The van der Waals surface area contributed by atoms with Crippen molar-refractivity contribution in [1.29, 1.82) is 0 Å². The maximum Gasteiger partial charge on any atom is 0.240 e. The Bertz CT molecular complexity index is 833. The Morgan fingerprint density at radius 1 is 1.18 bits per heavy atom. The third-order valence-electron chi connectivity index (χ3n) is 5.38. The van der Waals surface area contributed by atoms with Crippen molar-refractivity contribution >= 4 is 33.4 Å². The molecule has 7 nitrogen and oxygen atoms in total. The summed E-state index contributed by atoms with van der Waals surface area (Å²) in [4.78, 5) is 28.5. The first-order valence-corrected chi connectivity index (χ1v) is 11.4. The predicted octanol–water partition coefficient (Wildman–Crippen LogP) is 1.87. The number of amides is 2. The van der Waals surface area contributed by atoms with Crippen molar-refractivity contribution < 1.29 is 18.0 Å². The second kappa shape index (κ2) is 8.39. The molecule has 0 saturated carbocycles. The van der Waals surface area contributed by atoms with Crippen LogP contribution >= 0.6 is 11.6 Å². The van der Waals surface area contributed by atoms with Crippen molar-refractivity contribution in [3.05, 3.63) is 29.3 Å². The van der Waals surface area contributed by atoms with E-state index in [0.29, 0.717) is 37.5 Å². The summed E-state index contributed by atoms with van der Waals surface area (Å²) < 4.78 is 27.7. The first-order valence-electron chi connectivity index (χ1n) is 9.53. The van der Waals surface area contributed by atoms with Gasteiger partial charge in [-0.15, -0.1) is 0 Å². The number of halogens is 1. The molecule has 1 N–H and O–H groups in total. The minimum Gasteiger partial charge on any atom is -0.342 e. The Kier molecular flexibility index (Phi) is 6.31. The number of hydrogen-bond acceptors (Lipinski definition) is 4. The third-order valence-corrected chi connectivity index (χ3v) is 7.17. The van der Waals surface area contributed by atoms with E-state index >= 15 is 0 Å². The summed E-state index contributed by atoms with van der Waals surface area (Å²) in [7, 11) is -3.62. The number of nitrogens with one attached hydrogen (secondary N) is 1. The second-order valence-corrected chi connectivity index (χ2v) is 9.87. The second-order valence-electron chi connectivity index (χ2n) is 7.72. The Hall–Kier alpha value is -1.64. The highest BCUT2D eigenvalue weighted by molar-refractivity contribution is 7.89. The predicted molar refractivity (Wildman–Crippen MR) is 106 cm³/mol. The minimum atomic E-state index is -3.62. The van der Waals surface area contributed by atoms with Gasteiger partial charge in [0.1, 0.15) is 0 Å². The average Bonchev–Trinajstić information content (AvgIpc) is 3.04. The lowest BCUT2D eigenvalue weighted by atomic mass is 10.0. The minimum absolute atomic E-state index is 0.00416. The molecule has 154 valence electrons. The number of nitrogens with zero attached hydrogens (tertiary/aromatic N) is 2. The fourth-order valence-corrected chi connectivity index (χ4v) is 5.20. The van der Waals surface area contributed by atoms with Crippen LogP contribution in [0.5, 0.6) is 0 Å². The molecule has 3 rings (SSSR count). The molecule has 0 radical (unpaired) electrons. The molecular weight excluding hydrogens is 402 g/mol. The average molecular weight is 428 g/mol. The maximum atomic E-state index is 12.8. The van der Waals surface area contributed by atoms with Gasteiger partial charge in [0.2, 0.25) is 21.8 Å². The standard InChI is InChI=1S/C19H26ClN3O4S/c1-13(2)23-12-14(11-18(23)24)19(25)22-9-7-16(8-10-22)21-28(26,27)17-5-3-15(20)4-6-17/h3-6,13-14,16,21H,7-12H2,1-2H3. The molecule has 1 aromatic rings. The lowest BCUT2D eigenvalue weighted by Crippen LogP contribution is -2.48. The molecule has 2 fully saturated rings. The summed E-state index contributed by atoms with van der Waals surface area (Å²) in [6.07, 6.45) is 1.36. The Labute approximate surface area is 171 Å². The van der Waals surface area contributed by atoms with Crippen LogP contribution < -0.4 is 4.72 Å². The molecule has 2 aliphatic heterocycles. The quantitative estimate of drug-likeness (QED) is 0.777. The molecule has 0 spiro atoms. The van der Waals surface area contributed by atoms with Crippen molar-refractivity contribution in [3.8, 4) is 0 Å². The fourth-order valence-electron chi connectivity index (χ4n) is 3.77. The summed E-state index contributed by atoms with van der Waals surface area (Å²) in [5.74, 6) is -0.272. The molecule has 9 heteroatoms. The van der Waals surface area contributed by atoms with Gasteiger partial charge in [-0.3, -0.25) is 9.59 Å². The van der Waals surface area contributed by atoms with E-state index in [4.69, 9.17) is 11.6 Å². The zero-order valence-electron chi connectivity index (χ0n) is 16.1. The highest BCUT2D eigenvalue weighted by Crippen LogP contribution is 2.24. The van der Waals surface area contributed by atoms with Crippen molar-refractivity contribution in [2.24, 2.45) is 5.92 Å². The van der Waals surface area contributed by atoms with Gasteiger partial charge in [-0.05, 0) is 51.0 Å².